The molecule has 158 valence electrons. The van der Waals surface area contributed by atoms with Crippen LogP contribution in [0.5, 0.6) is 0 Å². The van der Waals surface area contributed by atoms with Gasteiger partial charge in [-0.15, -0.1) is 0 Å². The van der Waals surface area contributed by atoms with Crippen molar-refractivity contribution in [2.24, 2.45) is 5.73 Å². The number of thiocarbonyl (C=S) groups is 1. The van der Waals surface area contributed by atoms with E-state index in [1.165, 1.54) is 0 Å². The summed E-state index contributed by atoms with van der Waals surface area (Å²) in [6, 6.07) is 1.13. The van der Waals surface area contributed by atoms with Crippen molar-refractivity contribution >= 4 is 23.0 Å². The lowest BCUT2D eigenvalue weighted by molar-refractivity contribution is -0.145. The molecule has 4 N–H and O–H groups in total. The van der Waals surface area contributed by atoms with Gasteiger partial charge in [0.25, 0.3) is 0 Å². The molecule has 1 fully saturated rings. The summed E-state index contributed by atoms with van der Waals surface area (Å²) < 4.78 is 88.6. The van der Waals surface area contributed by atoms with E-state index in [1.54, 1.807) is 13.8 Å². The average molecular weight is 431 g/mol. The Bertz CT molecular complexity index is 691. The predicted molar refractivity (Wildman–Crippen MR) is 93.5 cm³/mol. The predicted octanol–water partition coefficient (Wildman–Crippen LogP) is 3.49. The number of nitrogens with one attached hydrogen (secondary N) is 2. The normalized spacial score (nSPS) is 22.2. The van der Waals surface area contributed by atoms with E-state index in [9.17, 15) is 26.3 Å². The van der Waals surface area contributed by atoms with Gasteiger partial charge in [-0.25, -0.2) is 0 Å². The Morgan fingerprint density at radius 3 is 2.00 bits per heavy atom. The molecule has 1 aromatic carbocycles. The third-order valence-electron chi connectivity index (χ3n) is 3.83. The zero-order valence-corrected chi connectivity index (χ0v) is 15.7. The first kappa shape index (κ1) is 22.7. The van der Waals surface area contributed by atoms with Crippen LogP contribution in [0.25, 0.3) is 0 Å². The highest BCUT2D eigenvalue weighted by molar-refractivity contribution is 7.80. The van der Waals surface area contributed by atoms with Gasteiger partial charge in [0.15, 0.2) is 10.9 Å². The van der Waals surface area contributed by atoms with Crippen LogP contribution in [-0.2, 0) is 21.8 Å². The number of rotatable bonds is 4. The maximum absolute atomic E-state index is 12.9. The smallest absolute Gasteiger partial charge is 0.360 e. The van der Waals surface area contributed by atoms with Gasteiger partial charge in [-0.3, -0.25) is 0 Å². The van der Waals surface area contributed by atoms with E-state index in [-0.39, 0.29) is 24.3 Å². The fourth-order valence-electron chi connectivity index (χ4n) is 2.68. The second kappa shape index (κ2) is 8.01. The summed E-state index contributed by atoms with van der Waals surface area (Å²) in [5, 5.41) is 4.86. The number of halogens is 6. The van der Waals surface area contributed by atoms with Crippen molar-refractivity contribution in [3.63, 3.8) is 0 Å². The minimum atomic E-state index is -4.94. The maximum atomic E-state index is 12.9. The lowest BCUT2D eigenvalue weighted by Gasteiger charge is -2.19. The topological polar surface area (TPSA) is 68.5 Å². The number of anilines is 1. The fourth-order valence-corrected chi connectivity index (χ4v) is 2.88. The molecular weight excluding hydrogens is 412 g/mol. The Morgan fingerprint density at radius 2 is 1.54 bits per heavy atom. The summed E-state index contributed by atoms with van der Waals surface area (Å²) in [6.45, 7) is 3.64. The molecule has 1 heterocycles. The van der Waals surface area contributed by atoms with E-state index in [4.69, 9.17) is 27.4 Å². The van der Waals surface area contributed by atoms with Gasteiger partial charge in [0.1, 0.15) is 12.2 Å². The highest BCUT2D eigenvalue weighted by atomic mass is 32.1. The van der Waals surface area contributed by atoms with Crippen LogP contribution in [-0.4, -0.2) is 36.2 Å². The highest BCUT2D eigenvalue weighted by Gasteiger charge is 2.40. The molecule has 0 spiro atoms. The number of hydrogen-bond donors (Lipinski definition) is 3. The van der Waals surface area contributed by atoms with E-state index in [0.29, 0.717) is 12.1 Å². The lowest BCUT2D eigenvalue weighted by Crippen LogP contribution is -2.41. The van der Waals surface area contributed by atoms with E-state index < -0.39 is 47.2 Å². The number of hydrogen-bond acceptors (Lipinski definition) is 4. The van der Waals surface area contributed by atoms with E-state index in [1.807, 2.05) is 0 Å². The number of ether oxygens (including phenoxy) is 2. The van der Waals surface area contributed by atoms with Gasteiger partial charge in [0, 0.05) is 18.8 Å². The third-order valence-corrected chi connectivity index (χ3v) is 4.07. The van der Waals surface area contributed by atoms with Crippen molar-refractivity contribution in [2.45, 2.75) is 44.2 Å². The van der Waals surface area contributed by atoms with Gasteiger partial charge >= 0.3 is 12.4 Å². The van der Waals surface area contributed by atoms with Crippen LogP contribution in [0.3, 0.4) is 0 Å². The molecule has 0 amide bonds. The van der Waals surface area contributed by atoms with Crippen LogP contribution >= 0.6 is 12.2 Å². The van der Waals surface area contributed by atoms with Gasteiger partial charge in [0.05, 0.1) is 11.1 Å². The second-order valence-corrected chi connectivity index (χ2v) is 6.99. The summed E-state index contributed by atoms with van der Waals surface area (Å²) in [7, 11) is 0. The van der Waals surface area contributed by atoms with Crippen LogP contribution in [0.4, 0.5) is 32.0 Å². The molecule has 0 radical (unpaired) electrons. The quantitative estimate of drug-likeness (QED) is 0.501. The Morgan fingerprint density at radius 1 is 1.04 bits per heavy atom. The van der Waals surface area contributed by atoms with Gasteiger partial charge in [0.2, 0.25) is 0 Å². The highest BCUT2D eigenvalue weighted by Crippen LogP contribution is 2.37. The molecule has 5 nitrogen and oxygen atoms in total. The molecule has 0 aromatic heterocycles. The third kappa shape index (κ3) is 5.93. The van der Waals surface area contributed by atoms with Gasteiger partial charge in [-0.2, -0.15) is 26.3 Å². The maximum Gasteiger partial charge on any atom is 0.416 e. The lowest BCUT2D eigenvalue weighted by atomic mass is 10.1. The van der Waals surface area contributed by atoms with Crippen LogP contribution in [0.1, 0.15) is 25.0 Å². The molecule has 1 saturated heterocycles. The zero-order chi connectivity index (χ0) is 21.3. The Kier molecular flexibility index (Phi) is 6.48. The first-order chi connectivity index (χ1) is 12.7. The molecule has 2 rings (SSSR count). The zero-order valence-electron chi connectivity index (χ0n) is 14.9. The SMILES string of the molecule is CC1(C)O[C@@H](CN)[C@H](CNC(=S)Nc2cc(C(F)(F)F)cc(C(F)(F)F)c2)O1. The van der Waals surface area contributed by atoms with Crippen molar-refractivity contribution in [3.05, 3.63) is 29.3 Å². The molecule has 28 heavy (non-hydrogen) atoms. The first-order valence-corrected chi connectivity index (χ1v) is 8.52. The van der Waals surface area contributed by atoms with Crippen molar-refractivity contribution in [1.82, 2.24) is 5.32 Å². The molecule has 0 unspecified atom stereocenters. The van der Waals surface area contributed by atoms with E-state index in [0.717, 1.165) is 0 Å². The fraction of sp³-hybridized carbons (Fsp3) is 0.562. The average Bonchev–Trinajstić information content (AvgIpc) is 2.85. The van der Waals surface area contributed by atoms with Crippen molar-refractivity contribution in [2.75, 3.05) is 18.4 Å². The summed E-state index contributed by atoms with van der Waals surface area (Å²) in [4.78, 5) is 0. The van der Waals surface area contributed by atoms with Crippen LogP contribution in [0.2, 0.25) is 0 Å². The van der Waals surface area contributed by atoms with Gasteiger partial charge < -0.3 is 25.8 Å². The molecule has 0 bridgehead atoms. The molecule has 1 aromatic rings. The first-order valence-electron chi connectivity index (χ1n) is 8.11. The van der Waals surface area contributed by atoms with E-state index >= 15 is 0 Å². The molecule has 2 atom stereocenters. The molecule has 0 aliphatic carbocycles. The van der Waals surface area contributed by atoms with E-state index in [2.05, 4.69) is 10.6 Å². The Labute approximate surface area is 162 Å². The molecule has 1 aliphatic heterocycles. The molecule has 12 heteroatoms. The number of nitrogens with two attached hydrogens (primary N) is 1. The van der Waals surface area contributed by atoms with Gasteiger partial charge in [-0.05, 0) is 44.3 Å². The number of alkyl halides is 6. The standard InChI is InChI=1S/C16H19F6N3O2S/c1-14(2)26-11(6-23)12(27-14)7-24-13(28)25-10-4-8(15(17,18)19)3-9(5-10)16(20,21)22/h3-5,11-12H,6-7,23H2,1-2H3,(H2,24,25,28)/t11-,12-/m0/s1. The van der Waals surface area contributed by atoms with Crippen LogP contribution < -0.4 is 16.4 Å². The van der Waals surface area contributed by atoms with Crippen LogP contribution in [0.15, 0.2) is 18.2 Å². The molecule has 1 aliphatic rings. The van der Waals surface area contributed by atoms with Crippen molar-refractivity contribution in [1.29, 1.82) is 0 Å². The van der Waals surface area contributed by atoms with Crippen LogP contribution in [0, 0.1) is 0 Å². The summed E-state index contributed by atoms with van der Waals surface area (Å²) >= 11 is 4.96. The Balaban J connectivity index is 2.09. The second-order valence-electron chi connectivity index (χ2n) is 6.58. The van der Waals surface area contributed by atoms with Crippen molar-refractivity contribution in [3.8, 4) is 0 Å². The molecule has 0 saturated carbocycles. The number of benzene rings is 1. The van der Waals surface area contributed by atoms with Crippen molar-refractivity contribution < 1.29 is 35.8 Å². The monoisotopic (exact) mass is 431 g/mol. The minimum Gasteiger partial charge on any atom is -0.360 e. The minimum absolute atomic E-state index is 0.0410. The Hall–Kier alpha value is -1.63. The summed E-state index contributed by atoms with van der Waals surface area (Å²) in [5.41, 5.74) is 2.27. The molecular formula is C16H19F6N3O2S. The largest absolute Gasteiger partial charge is 0.416 e. The summed E-state index contributed by atoms with van der Waals surface area (Å²) in [5.74, 6) is -0.867. The summed E-state index contributed by atoms with van der Waals surface area (Å²) in [6.07, 6.45) is -10.8. The van der Waals surface area contributed by atoms with Gasteiger partial charge in [-0.1, -0.05) is 0 Å².